The van der Waals surface area contributed by atoms with E-state index in [1.165, 1.54) is 9.13 Å². The summed E-state index contributed by atoms with van der Waals surface area (Å²) in [5.74, 6) is 0. The number of imidazole rings is 1. The second-order valence-corrected chi connectivity index (χ2v) is 4.30. The lowest BCUT2D eigenvalue weighted by Crippen LogP contribution is -2.39. The highest BCUT2D eigenvalue weighted by Crippen LogP contribution is 2.11. The van der Waals surface area contributed by atoms with Crippen molar-refractivity contribution in [1.29, 1.82) is 0 Å². The molecule has 2 aromatic heterocycles. The minimum Gasteiger partial charge on any atom is -0.328 e. The molecule has 2 N–H and O–H groups in total. The summed E-state index contributed by atoms with van der Waals surface area (Å²) < 4.78 is 4.31. The van der Waals surface area contributed by atoms with E-state index in [0.717, 1.165) is 0 Å². The number of hydrogen-bond donors (Lipinski definition) is 1. The fraction of sp³-hybridized carbons (Fsp3) is 0.545. The zero-order chi connectivity index (χ0) is 13.4. The molecule has 0 bridgehead atoms. The van der Waals surface area contributed by atoms with Gasteiger partial charge in [-0.15, -0.1) is 0 Å². The van der Waals surface area contributed by atoms with Gasteiger partial charge in [-0.1, -0.05) is 0 Å². The summed E-state index contributed by atoms with van der Waals surface area (Å²) >= 11 is 0. The van der Waals surface area contributed by atoms with Crippen LogP contribution in [-0.4, -0.2) is 25.2 Å². The summed E-state index contributed by atoms with van der Waals surface area (Å²) in [4.78, 5) is 28.4. The molecule has 0 fully saturated rings. The van der Waals surface area contributed by atoms with Gasteiger partial charge in [-0.3, -0.25) is 13.9 Å². The Labute approximate surface area is 103 Å². The van der Waals surface area contributed by atoms with Gasteiger partial charge >= 0.3 is 5.69 Å². The third kappa shape index (κ3) is 1.59. The van der Waals surface area contributed by atoms with Crippen molar-refractivity contribution in [2.45, 2.75) is 26.4 Å². The molecule has 0 aliphatic carbocycles. The van der Waals surface area contributed by atoms with Crippen LogP contribution < -0.4 is 17.0 Å². The molecular weight excluding hydrogens is 234 g/mol. The lowest BCUT2D eigenvalue weighted by Gasteiger charge is -2.12. The number of aryl methyl sites for hydroxylation is 1. The first-order chi connectivity index (χ1) is 8.52. The molecule has 0 aromatic carbocycles. The van der Waals surface area contributed by atoms with Gasteiger partial charge in [0.2, 0.25) is 0 Å². The Kier molecular flexibility index (Phi) is 3.08. The maximum atomic E-state index is 12.3. The number of nitrogens with two attached hydrogens (primary N) is 1. The van der Waals surface area contributed by atoms with E-state index in [1.54, 1.807) is 24.9 Å². The van der Waals surface area contributed by atoms with Gasteiger partial charge in [0.1, 0.15) is 0 Å². The Hall–Kier alpha value is -1.89. The number of hydrogen-bond acceptors (Lipinski definition) is 4. The molecule has 2 rings (SSSR count). The third-order valence-electron chi connectivity index (χ3n) is 3.19. The van der Waals surface area contributed by atoms with Gasteiger partial charge < -0.3 is 10.3 Å². The number of rotatable bonds is 3. The van der Waals surface area contributed by atoms with Crippen molar-refractivity contribution in [3.05, 3.63) is 27.2 Å². The van der Waals surface area contributed by atoms with Gasteiger partial charge in [0, 0.05) is 26.2 Å². The van der Waals surface area contributed by atoms with Gasteiger partial charge in [-0.05, 0) is 13.8 Å². The highest BCUT2D eigenvalue weighted by Gasteiger charge is 2.17. The van der Waals surface area contributed by atoms with Crippen molar-refractivity contribution in [2.24, 2.45) is 12.8 Å². The Bertz CT molecular complexity index is 694. The van der Waals surface area contributed by atoms with Gasteiger partial charge in [-0.25, -0.2) is 9.78 Å². The topological polar surface area (TPSA) is 87.8 Å². The monoisotopic (exact) mass is 251 g/mol. The highest BCUT2D eigenvalue weighted by molar-refractivity contribution is 5.70. The standard InChI is InChI=1S/C11H17N5O2/c1-4-15-10(17)8-9(14(3)11(15)18)13-6-16(8)7(2)5-12/h6-7H,4-5,12H2,1-3H3. The second kappa shape index (κ2) is 4.41. The number of fused-ring (bicyclic) bond motifs is 1. The van der Waals surface area contributed by atoms with Gasteiger partial charge in [-0.2, -0.15) is 0 Å². The highest BCUT2D eigenvalue weighted by atomic mass is 16.2. The van der Waals surface area contributed by atoms with E-state index in [2.05, 4.69) is 4.98 Å². The van der Waals surface area contributed by atoms with Crippen LogP contribution in [0.1, 0.15) is 19.9 Å². The summed E-state index contributed by atoms with van der Waals surface area (Å²) in [6, 6.07) is -0.0366. The zero-order valence-electron chi connectivity index (χ0n) is 10.8. The lowest BCUT2D eigenvalue weighted by molar-refractivity contribution is 0.565. The predicted octanol–water partition coefficient (Wildman–Crippen LogP) is -0.564. The molecule has 2 aromatic rings. The van der Waals surface area contributed by atoms with Crippen molar-refractivity contribution >= 4 is 11.2 Å². The van der Waals surface area contributed by atoms with Crippen LogP contribution in [0.15, 0.2) is 15.9 Å². The predicted molar refractivity (Wildman–Crippen MR) is 68.7 cm³/mol. The third-order valence-corrected chi connectivity index (χ3v) is 3.19. The molecule has 1 atom stereocenters. The maximum Gasteiger partial charge on any atom is 0.332 e. The summed E-state index contributed by atoms with van der Waals surface area (Å²) in [5, 5.41) is 0. The second-order valence-electron chi connectivity index (χ2n) is 4.30. The van der Waals surface area contributed by atoms with E-state index in [9.17, 15) is 9.59 Å². The van der Waals surface area contributed by atoms with Crippen LogP contribution in [-0.2, 0) is 13.6 Å². The molecule has 0 amide bonds. The van der Waals surface area contributed by atoms with Crippen molar-refractivity contribution in [3.63, 3.8) is 0 Å². The van der Waals surface area contributed by atoms with E-state index in [4.69, 9.17) is 5.73 Å². The molecule has 0 saturated carbocycles. The number of nitrogens with zero attached hydrogens (tertiary/aromatic N) is 4. The van der Waals surface area contributed by atoms with E-state index >= 15 is 0 Å². The summed E-state index contributed by atoms with van der Waals surface area (Å²) in [5.41, 5.74) is 5.78. The largest absolute Gasteiger partial charge is 0.332 e. The first kappa shape index (κ1) is 12.6. The lowest BCUT2D eigenvalue weighted by atomic mass is 10.3. The first-order valence-corrected chi connectivity index (χ1v) is 5.89. The van der Waals surface area contributed by atoms with E-state index in [1.807, 2.05) is 6.92 Å². The molecule has 1 unspecified atom stereocenters. The van der Waals surface area contributed by atoms with Crippen molar-refractivity contribution in [2.75, 3.05) is 6.54 Å². The summed E-state index contributed by atoms with van der Waals surface area (Å²) in [6.07, 6.45) is 1.56. The molecule has 0 saturated heterocycles. The molecule has 2 heterocycles. The molecule has 7 nitrogen and oxygen atoms in total. The molecule has 98 valence electrons. The van der Waals surface area contributed by atoms with E-state index in [0.29, 0.717) is 24.3 Å². The van der Waals surface area contributed by atoms with E-state index < -0.39 is 0 Å². The Morgan fingerprint density at radius 2 is 2.11 bits per heavy atom. The Morgan fingerprint density at radius 3 is 2.67 bits per heavy atom. The summed E-state index contributed by atoms with van der Waals surface area (Å²) in [6.45, 7) is 4.41. The molecule has 18 heavy (non-hydrogen) atoms. The van der Waals surface area contributed by atoms with Gasteiger partial charge in [0.25, 0.3) is 5.56 Å². The SMILES string of the molecule is CCn1c(=O)c2c(ncn2C(C)CN)n(C)c1=O. The molecule has 0 aliphatic heterocycles. The van der Waals surface area contributed by atoms with Crippen LogP contribution in [0.5, 0.6) is 0 Å². The van der Waals surface area contributed by atoms with Crippen LogP contribution in [0.4, 0.5) is 0 Å². The van der Waals surface area contributed by atoms with E-state index in [-0.39, 0.29) is 17.3 Å². The van der Waals surface area contributed by atoms with Crippen LogP contribution >= 0.6 is 0 Å². The van der Waals surface area contributed by atoms with Crippen LogP contribution in [0.3, 0.4) is 0 Å². The fourth-order valence-corrected chi connectivity index (χ4v) is 2.02. The smallest absolute Gasteiger partial charge is 0.328 e. The van der Waals surface area contributed by atoms with Crippen LogP contribution in [0, 0.1) is 0 Å². The minimum atomic E-state index is -0.347. The molecule has 0 radical (unpaired) electrons. The molecule has 0 aliphatic rings. The normalized spacial score (nSPS) is 13.1. The molecule has 7 heteroatoms. The molecule has 0 spiro atoms. The Morgan fingerprint density at radius 1 is 1.44 bits per heavy atom. The van der Waals surface area contributed by atoms with Crippen molar-refractivity contribution in [1.82, 2.24) is 18.7 Å². The van der Waals surface area contributed by atoms with Crippen LogP contribution in [0.25, 0.3) is 11.2 Å². The quantitative estimate of drug-likeness (QED) is 0.791. The Balaban J connectivity index is 2.94. The first-order valence-electron chi connectivity index (χ1n) is 5.89. The van der Waals surface area contributed by atoms with Crippen molar-refractivity contribution < 1.29 is 0 Å². The average molecular weight is 251 g/mol. The van der Waals surface area contributed by atoms with Crippen molar-refractivity contribution in [3.8, 4) is 0 Å². The van der Waals surface area contributed by atoms with Gasteiger partial charge in [0.05, 0.1) is 6.33 Å². The minimum absolute atomic E-state index is 0.0366. The molecular formula is C11H17N5O2. The van der Waals surface area contributed by atoms with Gasteiger partial charge in [0.15, 0.2) is 11.2 Å². The number of aromatic nitrogens is 4. The fourth-order valence-electron chi connectivity index (χ4n) is 2.02. The maximum absolute atomic E-state index is 12.3. The zero-order valence-corrected chi connectivity index (χ0v) is 10.8. The average Bonchev–Trinajstić information content (AvgIpc) is 2.81. The summed E-state index contributed by atoms with van der Waals surface area (Å²) in [7, 11) is 1.61. The van der Waals surface area contributed by atoms with Crippen LogP contribution in [0.2, 0.25) is 0 Å².